The molecular formula is C8H16ClN. The summed E-state index contributed by atoms with van der Waals surface area (Å²) in [6.45, 7) is 2.18. The van der Waals surface area contributed by atoms with Crippen molar-refractivity contribution >= 4 is 11.6 Å². The lowest BCUT2D eigenvalue weighted by molar-refractivity contribution is 0.607. The van der Waals surface area contributed by atoms with Crippen LogP contribution in [-0.2, 0) is 0 Å². The average Bonchev–Trinajstić information content (AvgIpc) is 1.98. The van der Waals surface area contributed by atoms with Crippen LogP contribution in [0.4, 0.5) is 0 Å². The van der Waals surface area contributed by atoms with Gasteiger partial charge in [-0.1, -0.05) is 13.0 Å². The van der Waals surface area contributed by atoms with Crippen LogP contribution >= 0.6 is 11.6 Å². The molecule has 10 heavy (non-hydrogen) atoms. The molecule has 0 spiro atoms. The molecule has 1 nitrogen and oxygen atoms in total. The van der Waals surface area contributed by atoms with Crippen LogP contribution in [0.1, 0.15) is 19.8 Å². The van der Waals surface area contributed by atoms with Gasteiger partial charge in [-0.3, -0.25) is 0 Å². The molecule has 60 valence electrons. The zero-order valence-corrected chi connectivity index (χ0v) is 7.49. The minimum atomic E-state index is 0.643. The Bertz CT molecular complexity index is 91.3. The molecule has 0 aliphatic carbocycles. The molecule has 0 saturated carbocycles. The summed E-state index contributed by atoms with van der Waals surface area (Å²) in [4.78, 5) is 0. The molecule has 0 heterocycles. The Morgan fingerprint density at radius 2 is 2.30 bits per heavy atom. The minimum Gasteiger partial charge on any atom is -0.394 e. The van der Waals surface area contributed by atoms with Gasteiger partial charge in [-0.25, -0.2) is 0 Å². The first-order chi connectivity index (χ1) is 4.85. The van der Waals surface area contributed by atoms with Gasteiger partial charge in [0.2, 0.25) is 0 Å². The van der Waals surface area contributed by atoms with E-state index < -0.39 is 0 Å². The van der Waals surface area contributed by atoms with Gasteiger partial charge in [-0.15, -0.1) is 11.6 Å². The van der Waals surface area contributed by atoms with Crippen LogP contribution in [0.15, 0.2) is 12.3 Å². The van der Waals surface area contributed by atoms with Crippen LogP contribution in [0.3, 0.4) is 0 Å². The Hall–Kier alpha value is -0.170. The zero-order chi connectivity index (χ0) is 7.82. The van der Waals surface area contributed by atoms with Gasteiger partial charge in [0.25, 0.3) is 0 Å². The molecule has 0 aliphatic rings. The normalized spacial score (nSPS) is 13.9. The summed E-state index contributed by atoms with van der Waals surface area (Å²) in [6, 6.07) is 0. The third kappa shape index (κ3) is 4.68. The van der Waals surface area contributed by atoms with Crippen molar-refractivity contribution in [2.24, 2.45) is 5.92 Å². The fraction of sp³-hybridized carbons (Fsp3) is 0.750. The highest BCUT2D eigenvalue weighted by molar-refractivity contribution is 6.17. The van der Waals surface area contributed by atoms with Crippen molar-refractivity contribution in [2.45, 2.75) is 19.8 Å². The number of rotatable bonds is 5. The molecule has 0 rings (SSSR count). The quantitative estimate of drug-likeness (QED) is 0.611. The molecule has 0 aromatic heterocycles. The summed E-state index contributed by atoms with van der Waals surface area (Å²) >= 11 is 5.60. The van der Waals surface area contributed by atoms with E-state index in [1.165, 1.54) is 6.42 Å². The second kappa shape index (κ2) is 6.94. The van der Waals surface area contributed by atoms with Crippen LogP contribution in [0.2, 0.25) is 0 Å². The Labute approximate surface area is 68.5 Å². The van der Waals surface area contributed by atoms with E-state index in [-0.39, 0.29) is 0 Å². The van der Waals surface area contributed by atoms with Crippen molar-refractivity contribution in [1.82, 2.24) is 5.32 Å². The fourth-order valence-corrected chi connectivity index (χ4v) is 1.09. The molecule has 1 atom stereocenters. The van der Waals surface area contributed by atoms with Gasteiger partial charge in [0.15, 0.2) is 0 Å². The largest absolute Gasteiger partial charge is 0.394 e. The summed E-state index contributed by atoms with van der Waals surface area (Å²) in [5, 5.41) is 2.97. The van der Waals surface area contributed by atoms with E-state index in [1.807, 2.05) is 13.2 Å². The fourth-order valence-electron chi connectivity index (χ4n) is 0.809. The van der Waals surface area contributed by atoms with E-state index in [2.05, 4.69) is 18.3 Å². The lowest BCUT2D eigenvalue weighted by atomic mass is 10.0. The monoisotopic (exact) mass is 161 g/mol. The average molecular weight is 162 g/mol. The van der Waals surface area contributed by atoms with Crippen molar-refractivity contribution in [3.05, 3.63) is 12.3 Å². The summed E-state index contributed by atoms with van der Waals surface area (Å²) in [7, 11) is 1.91. The van der Waals surface area contributed by atoms with Crippen LogP contribution in [-0.4, -0.2) is 12.9 Å². The predicted molar refractivity (Wildman–Crippen MR) is 47.3 cm³/mol. The number of allylic oxidation sites excluding steroid dienone is 1. The molecule has 0 aliphatic heterocycles. The first kappa shape index (κ1) is 9.83. The van der Waals surface area contributed by atoms with Crippen molar-refractivity contribution in [1.29, 1.82) is 0 Å². The Kier molecular flexibility index (Phi) is 6.83. The molecule has 1 N–H and O–H groups in total. The van der Waals surface area contributed by atoms with Gasteiger partial charge in [0, 0.05) is 12.9 Å². The van der Waals surface area contributed by atoms with Crippen molar-refractivity contribution in [2.75, 3.05) is 12.9 Å². The molecule has 2 heteroatoms. The molecule has 0 saturated heterocycles. The molecule has 0 bridgehead atoms. The van der Waals surface area contributed by atoms with Gasteiger partial charge in [-0.2, -0.15) is 0 Å². The van der Waals surface area contributed by atoms with E-state index >= 15 is 0 Å². The van der Waals surface area contributed by atoms with Gasteiger partial charge < -0.3 is 5.32 Å². The Balaban J connectivity index is 3.48. The Morgan fingerprint density at radius 1 is 1.60 bits per heavy atom. The van der Waals surface area contributed by atoms with Crippen LogP contribution in [0, 0.1) is 5.92 Å². The number of halogens is 1. The zero-order valence-electron chi connectivity index (χ0n) is 6.73. The molecule has 0 radical (unpaired) electrons. The van der Waals surface area contributed by atoms with Crippen LogP contribution in [0.5, 0.6) is 0 Å². The van der Waals surface area contributed by atoms with Gasteiger partial charge in [-0.05, 0) is 25.0 Å². The lowest BCUT2D eigenvalue weighted by Crippen LogP contribution is -1.99. The van der Waals surface area contributed by atoms with Crippen LogP contribution < -0.4 is 5.32 Å². The molecular weight excluding hydrogens is 146 g/mol. The second-order valence-corrected chi connectivity index (χ2v) is 2.67. The highest BCUT2D eigenvalue weighted by Gasteiger charge is 1.98. The molecule has 0 fully saturated rings. The maximum absolute atomic E-state index is 5.60. The van der Waals surface area contributed by atoms with Crippen molar-refractivity contribution < 1.29 is 0 Å². The standard InChI is InChI=1S/C8H16ClN/c1-3-8(4-6-9)5-7-10-2/h5,7-8,10H,3-4,6H2,1-2H3/b7-5-. The summed E-state index contributed by atoms with van der Waals surface area (Å²) in [6.07, 6.45) is 6.39. The molecule has 0 amide bonds. The summed E-state index contributed by atoms with van der Waals surface area (Å²) in [5.41, 5.74) is 0. The third-order valence-corrected chi connectivity index (χ3v) is 1.76. The van der Waals surface area contributed by atoms with E-state index in [4.69, 9.17) is 11.6 Å². The van der Waals surface area contributed by atoms with Gasteiger partial charge in [0.05, 0.1) is 0 Å². The highest BCUT2D eigenvalue weighted by atomic mass is 35.5. The molecule has 0 aromatic rings. The minimum absolute atomic E-state index is 0.643. The molecule has 0 aromatic carbocycles. The van der Waals surface area contributed by atoms with Crippen LogP contribution in [0.25, 0.3) is 0 Å². The molecule has 1 unspecified atom stereocenters. The SMILES string of the molecule is CCC(/C=C\NC)CCCl. The highest BCUT2D eigenvalue weighted by Crippen LogP contribution is 2.09. The maximum Gasteiger partial charge on any atom is 0.0229 e. The third-order valence-electron chi connectivity index (χ3n) is 1.54. The number of alkyl halides is 1. The first-order valence-electron chi connectivity index (χ1n) is 3.75. The number of nitrogens with one attached hydrogen (secondary N) is 1. The lowest BCUT2D eigenvalue weighted by Gasteiger charge is -2.05. The predicted octanol–water partition coefficient (Wildman–Crippen LogP) is 2.37. The van der Waals surface area contributed by atoms with E-state index in [0.717, 1.165) is 12.3 Å². The summed E-state index contributed by atoms with van der Waals surface area (Å²) < 4.78 is 0. The summed E-state index contributed by atoms with van der Waals surface area (Å²) in [5.74, 6) is 1.40. The Morgan fingerprint density at radius 3 is 2.70 bits per heavy atom. The van der Waals surface area contributed by atoms with E-state index in [9.17, 15) is 0 Å². The maximum atomic E-state index is 5.60. The van der Waals surface area contributed by atoms with Gasteiger partial charge in [0.1, 0.15) is 0 Å². The van der Waals surface area contributed by atoms with Crippen molar-refractivity contribution in [3.8, 4) is 0 Å². The van der Waals surface area contributed by atoms with Crippen molar-refractivity contribution in [3.63, 3.8) is 0 Å². The number of hydrogen-bond acceptors (Lipinski definition) is 1. The van der Waals surface area contributed by atoms with E-state index in [1.54, 1.807) is 0 Å². The topological polar surface area (TPSA) is 12.0 Å². The second-order valence-electron chi connectivity index (χ2n) is 2.29. The van der Waals surface area contributed by atoms with Gasteiger partial charge >= 0.3 is 0 Å². The first-order valence-corrected chi connectivity index (χ1v) is 4.28. The smallest absolute Gasteiger partial charge is 0.0229 e. The van der Waals surface area contributed by atoms with E-state index in [0.29, 0.717) is 5.92 Å². The number of hydrogen-bond donors (Lipinski definition) is 1.